The first-order valence-corrected chi connectivity index (χ1v) is 10.6. The zero-order valence-corrected chi connectivity index (χ0v) is 21.8. The van der Waals surface area contributed by atoms with Crippen LogP contribution in [0.2, 0.25) is 0 Å². The smallest absolute Gasteiger partial charge is 0.251 e. The van der Waals surface area contributed by atoms with Crippen molar-refractivity contribution in [3.63, 3.8) is 0 Å². The van der Waals surface area contributed by atoms with E-state index in [-0.39, 0.29) is 42.0 Å². The van der Waals surface area contributed by atoms with E-state index in [1.54, 1.807) is 14.2 Å². The highest BCUT2D eigenvalue weighted by Crippen LogP contribution is 2.19. The Morgan fingerprint density at radius 2 is 1.78 bits per heavy atom. The van der Waals surface area contributed by atoms with Crippen LogP contribution in [0.25, 0.3) is 0 Å². The number of carbonyl (C=O) groups excluding carboxylic acids is 1. The van der Waals surface area contributed by atoms with Crippen LogP contribution in [0.15, 0.2) is 53.5 Å². The Morgan fingerprint density at radius 3 is 2.47 bits per heavy atom. The molecular formula is C24H35IN4O3. The number of methoxy groups -OCH3 is 1. The molecule has 0 aliphatic heterocycles. The Bertz CT molecular complexity index is 876. The van der Waals surface area contributed by atoms with Crippen LogP contribution in [0.5, 0.6) is 11.5 Å². The zero-order chi connectivity index (χ0) is 22.6. The van der Waals surface area contributed by atoms with E-state index in [0.29, 0.717) is 24.6 Å². The van der Waals surface area contributed by atoms with E-state index in [0.717, 1.165) is 23.5 Å². The monoisotopic (exact) mass is 554 g/mol. The molecule has 8 heteroatoms. The summed E-state index contributed by atoms with van der Waals surface area (Å²) in [7, 11) is 3.35. The summed E-state index contributed by atoms with van der Waals surface area (Å²) in [5, 5.41) is 9.53. The second kappa shape index (κ2) is 14.5. The average Bonchev–Trinajstić information content (AvgIpc) is 2.79. The van der Waals surface area contributed by atoms with Crippen molar-refractivity contribution in [3.8, 4) is 11.5 Å². The maximum atomic E-state index is 12.3. The summed E-state index contributed by atoms with van der Waals surface area (Å²) in [5.74, 6) is 2.12. The van der Waals surface area contributed by atoms with Gasteiger partial charge in [0.05, 0.1) is 13.7 Å². The Labute approximate surface area is 208 Å². The maximum Gasteiger partial charge on any atom is 0.251 e. The van der Waals surface area contributed by atoms with Gasteiger partial charge in [-0.1, -0.05) is 25.1 Å². The van der Waals surface area contributed by atoms with Crippen molar-refractivity contribution in [3.05, 3.63) is 59.7 Å². The van der Waals surface area contributed by atoms with E-state index < -0.39 is 0 Å². The molecule has 2 atom stereocenters. The maximum absolute atomic E-state index is 12.3. The van der Waals surface area contributed by atoms with E-state index in [4.69, 9.17) is 9.47 Å². The Morgan fingerprint density at radius 1 is 1.06 bits per heavy atom. The number of amides is 1. The van der Waals surface area contributed by atoms with Gasteiger partial charge >= 0.3 is 0 Å². The molecule has 0 fully saturated rings. The van der Waals surface area contributed by atoms with E-state index >= 15 is 0 Å². The molecule has 2 aromatic carbocycles. The molecule has 0 heterocycles. The zero-order valence-electron chi connectivity index (χ0n) is 19.5. The third-order valence-electron chi connectivity index (χ3n) is 4.80. The lowest BCUT2D eigenvalue weighted by atomic mass is 10.1. The number of hydrogen-bond donors (Lipinski definition) is 3. The normalized spacial score (nSPS) is 12.7. The highest BCUT2D eigenvalue weighted by atomic mass is 127. The molecular weight excluding hydrogens is 519 g/mol. The van der Waals surface area contributed by atoms with Crippen LogP contribution in [0.4, 0.5) is 0 Å². The minimum Gasteiger partial charge on any atom is -0.497 e. The first-order chi connectivity index (χ1) is 14.9. The lowest BCUT2D eigenvalue weighted by Gasteiger charge is -2.18. The minimum absolute atomic E-state index is 0. The predicted octanol–water partition coefficient (Wildman–Crippen LogP) is 3.97. The molecule has 32 heavy (non-hydrogen) atoms. The van der Waals surface area contributed by atoms with Crippen LogP contribution >= 0.6 is 24.0 Å². The average molecular weight is 554 g/mol. The summed E-state index contributed by atoms with van der Waals surface area (Å²) >= 11 is 0. The Balaban J connectivity index is 0.00000512. The topological polar surface area (TPSA) is 84.0 Å². The first kappa shape index (κ1) is 27.5. The van der Waals surface area contributed by atoms with Crippen molar-refractivity contribution in [1.82, 2.24) is 16.0 Å². The fourth-order valence-corrected chi connectivity index (χ4v) is 2.83. The molecule has 0 radical (unpaired) electrons. The number of nitrogens with zero attached hydrogens (tertiary/aromatic N) is 1. The van der Waals surface area contributed by atoms with Crippen LogP contribution in [0.3, 0.4) is 0 Å². The summed E-state index contributed by atoms with van der Waals surface area (Å²) in [4.78, 5) is 16.6. The van der Waals surface area contributed by atoms with Crippen molar-refractivity contribution in [2.45, 2.75) is 45.9 Å². The SMILES string of the molecule is CCC(C)NC(=O)c1cccc(CNC(=NC)NCC(C)Oc2cccc(OC)c2)c1.I. The standard InChI is InChI=1S/C24H34N4O3.HI/c1-6-17(2)28-23(29)20-10-7-9-19(13-20)16-27-24(25-4)26-15-18(3)31-22-12-8-11-21(14-22)30-5;/h7-14,17-18H,6,15-16H2,1-5H3,(H,28,29)(H2,25,26,27);1H. The van der Waals surface area contributed by atoms with E-state index in [1.165, 1.54) is 0 Å². The molecule has 7 nitrogen and oxygen atoms in total. The predicted molar refractivity (Wildman–Crippen MR) is 140 cm³/mol. The van der Waals surface area contributed by atoms with E-state index in [2.05, 4.69) is 20.9 Å². The number of carbonyl (C=O) groups is 1. The molecule has 2 unspecified atom stereocenters. The summed E-state index contributed by atoms with van der Waals surface area (Å²) in [6, 6.07) is 15.3. The van der Waals surface area contributed by atoms with Crippen LogP contribution in [0, 0.1) is 0 Å². The lowest BCUT2D eigenvalue weighted by molar-refractivity contribution is 0.0939. The van der Waals surface area contributed by atoms with Crippen LogP contribution in [0.1, 0.15) is 43.1 Å². The first-order valence-electron chi connectivity index (χ1n) is 10.6. The second-order valence-electron chi connectivity index (χ2n) is 7.40. The minimum atomic E-state index is -0.0711. The molecule has 2 aromatic rings. The van der Waals surface area contributed by atoms with Crippen LogP contribution < -0.4 is 25.4 Å². The molecule has 0 bridgehead atoms. The van der Waals surface area contributed by atoms with Crippen LogP contribution in [-0.2, 0) is 6.54 Å². The molecule has 3 N–H and O–H groups in total. The Hall–Kier alpha value is -2.49. The third-order valence-corrected chi connectivity index (χ3v) is 4.80. The van der Waals surface area contributed by atoms with Gasteiger partial charge in [0.1, 0.15) is 17.6 Å². The number of halogens is 1. The molecule has 0 aliphatic carbocycles. The van der Waals surface area contributed by atoms with Gasteiger partial charge in [-0.2, -0.15) is 0 Å². The van der Waals surface area contributed by atoms with Gasteiger partial charge in [-0.05, 0) is 50.1 Å². The van der Waals surface area contributed by atoms with Crippen molar-refractivity contribution >= 4 is 35.8 Å². The molecule has 2 rings (SSSR count). The molecule has 0 aromatic heterocycles. The van der Waals surface area contributed by atoms with Gasteiger partial charge < -0.3 is 25.4 Å². The number of rotatable bonds is 10. The highest BCUT2D eigenvalue weighted by Gasteiger charge is 2.10. The van der Waals surface area contributed by atoms with Gasteiger partial charge in [0.25, 0.3) is 5.91 Å². The Kier molecular flexibility index (Phi) is 12.5. The number of nitrogens with one attached hydrogen (secondary N) is 3. The van der Waals surface area contributed by atoms with E-state index in [9.17, 15) is 4.79 Å². The molecule has 0 saturated carbocycles. The molecule has 1 amide bonds. The number of ether oxygens (including phenoxy) is 2. The van der Waals surface area contributed by atoms with E-state index in [1.807, 2.05) is 69.3 Å². The van der Waals surface area contributed by atoms with Gasteiger partial charge in [0, 0.05) is 31.3 Å². The summed E-state index contributed by atoms with van der Waals surface area (Å²) in [6.07, 6.45) is 0.827. The molecule has 0 spiro atoms. The van der Waals surface area contributed by atoms with Crippen LogP contribution in [-0.4, -0.2) is 44.7 Å². The molecule has 0 saturated heterocycles. The van der Waals surface area contributed by atoms with Gasteiger partial charge in [-0.3, -0.25) is 9.79 Å². The summed E-state index contributed by atoms with van der Waals surface area (Å²) < 4.78 is 11.2. The van der Waals surface area contributed by atoms with Gasteiger partial charge in [0.15, 0.2) is 5.96 Å². The molecule has 176 valence electrons. The fraction of sp³-hybridized carbons (Fsp3) is 0.417. The summed E-state index contributed by atoms with van der Waals surface area (Å²) in [6.45, 7) is 7.16. The number of benzene rings is 2. The molecule has 0 aliphatic rings. The highest BCUT2D eigenvalue weighted by molar-refractivity contribution is 14.0. The van der Waals surface area contributed by atoms with Gasteiger partial charge in [0.2, 0.25) is 0 Å². The van der Waals surface area contributed by atoms with Crippen molar-refractivity contribution in [2.75, 3.05) is 20.7 Å². The number of hydrogen-bond acceptors (Lipinski definition) is 4. The largest absolute Gasteiger partial charge is 0.497 e. The second-order valence-corrected chi connectivity index (χ2v) is 7.40. The third kappa shape index (κ3) is 9.33. The summed E-state index contributed by atoms with van der Waals surface area (Å²) in [5.41, 5.74) is 1.66. The fourth-order valence-electron chi connectivity index (χ4n) is 2.83. The number of guanidine groups is 1. The quantitative estimate of drug-likeness (QED) is 0.235. The van der Waals surface area contributed by atoms with Gasteiger partial charge in [-0.15, -0.1) is 24.0 Å². The van der Waals surface area contributed by atoms with Gasteiger partial charge in [-0.25, -0.2) is 0 Å². The van der Waals surface area contributed by atoms with Crippen molar-refractivity contribution in [2.24, 2.45) is 4.99 Å². The lowest BCUT2D eigenvalue weighted by Crippen LogP contribution is -2.41. The van der Waals surface area contributed by atoms with Crippen molar-refractivity contribution in [1.29, 1.82) is 0 Å². The van der Waals surface area contributed by atoms with Crippen molar-refractivity contribution < 1.29 is 14.3 Å². The number of aliphatic imine (C=N–C) groups is 1.